The topological polar surface area (TPSA) is 45.0 Å². The third-order valence-electron chi connectivity index (χ3n) is 3.39. The highest BCUT2D eigenvalue weighted by Gasteiger charge is 2.30. The van der Waals surface area contributed by atoms with Crippen LogP contribution in [-0.2, 0) is 10.3 Å². The predicted molar refractivity (Wildman–Crippen MR) is 77.7 cm³/mol. The van der Waals surface area contributed by atoms with E-state index in [9.17, 15) is 5.26 Å². The number of hydrogen-bond donors (Lipinski definition) is 1. The zero-order chi connectivity index (χ0) is 14.1. The fraction of sp³-hybridized carbons (Fsp3) is 0.562. The number of nitrogens with one attached hydrogen (secondary N) is 1. The molecule has 1 aromatic rings. The smallest absolute Gasteiger partial charge is 0.155 e. The highest BCUT2D eigenvalue weighted by molar-refractivity contribution is 5.31. The molecule has 0 spiro atoms. The van der Waals surface area contributed by atoms with Gasteiger partial charge in [-0.2, -0.15) is 5.26 Å². The van der Waals surface area contributed by atoms with Gasteiger partial charge in [0.1, 0.15) is 0 Å². The Bertz CT molecular complexity index is 399. The van der Waals surface area contributed by atoms with Crippen molar-refractivity contribution in [2.24, 2.45) is 5.92 Å². The predicted octanol–water partition coefficient (Wildman–Crippen LogP) is 3.08. The Labute approximate surface area is 116 Å². The van der Waals surface area contributed by atoms with Crippen LogP contribution < -0.4 is 5.32 Å². The minimum atomic E-state index is -0.757. The molecule has 3 heteroatoms. The molecule has 2 atom stereocenters. The van der Waals surface area contributed by atoms with Crippen LogP contribution in [0.3, 0.4) is 0 Å². The number of nitriles is 1. The van der Waals surface area contributed by atoms with Gasteiger partial charge in [0.2, 0.25) is 0 Å². The van der Waals surface area contributed by atoms with Crippen molar-refractivity contribution in [1.82, 2.24) is 5.32 Å². The van der Waals surface area contributed by atoms with Crippen LogP contribution in [0.25, 0.3) is 0 Å². The molecule has 0 saturated carbocycles. The maximum absolute atomic E-state index is 9.51. The van der Waals surface area contributed by atoms with Gasteiger partial charge in [-0.05, 0) is 24.9 Å². The maximum atomic E-state index is 9.51. The van der Waals surface area contributed by atoms with Gasteiger partial charge in [0.25, 0.3) is 0 Å². The molecule has 0 aliphatic heterocycles. The van der Waals surface area contributed by atoms with Gasteiger partial charge in [-0.15, -0.1) is 0 Å². The van der Waals surface area contributed by atoms with E-state index in [1.54, 1.807) is 7.05 Å². The number of benzene rings is 1. The molecule has 3 nitrogen and oxygen atoms in total. The highest BCUT2D eigenvalue weighted by atomic mass is 16.5. The third-order valence-corrected chi connectivity index (χ3v) is 3.39. The molecule has 0 aromatic heterocycles. The van der Waals surface area contributed by atoms with Crippen molar-refractivity contribution in [2.75, 3.05) is 20.3 Å². The second-order valence-corrected chi connectivity index (χ2v) is 5.04. The SMILES string of the molecule is CCCC(C)COCC(C#N)(NC)c1ccccc1. The van der Waals surface area contributed by atoms with E-state index < -0.39 is 5.54 Å². The quantitative estimate of drug-likeness (QED) is 0.781. The molecule has 104 valence electrons. The lowest BCUT2D eigenvalue weighted by Gasteiger charge is -2.27. The van der Waals surface area contributed by atoms with E-state index >= 15 is 0 Å². The lowest BCUT2D eigenvalue weighted by molar-refractivity contribution is 0.0667. The molecule has 0 bridgehead atoms. The van der Waals surface area contributed by atoms with E-state index in [-0.39, 0.29) is 0 Å². The average Bonchev–Trinajstić information content (AvgIpc) is 2.45. The van der Waals surface area contributed by atoms with E-state index in [2.05, 4.69) is 25.2 Å². The van der Waals surface area contributed by atoms with Crippen molar-refractivity contribution in [3.63, 3.8) is 0 Å². The zero-order valence-corrected chi connectivity index (χ0v) is 12.1. The van der Waals surface area contributed by atoms with E-state index in [1.165, 1.54) is 6.42 Å². The van der Waals surface area contributed by atoms with Crippen LogP contribution >= 0.6 is 0 Å². The standard InChI is InChI=1S/C16H24N2O/c1-4-8-14(2)11-19-13-16(12-17,18-3)15-9-6-5-7-10-15/h5-7,9-10,14,18H,4,8,11,13H2,1-3H3. The molecule has 19 heavy (non-hydrogen) atoms. The summed E-state index contributed by atoms with van der Waals surface area (Å²) >= 11 is 0. The molecular formula is C16H24N2O. The van der Waals surface area contributed by atoms with Crippen LogP contribution in [0.15, 0.2) is 30.3 Å². The number of rotatable bonds is 8. The summed E-state index contributed by atoms with van der Waals surface area (Å²) in [7, 11) is 1.80. The van der Waals surface area contributed by atoms with Crippen LogP contribution in [-0.4, -0.2) is 20.3 Å². The Morgan fingerprint density at radius 2 is 2.05 bits per heavy atom. The second kappa shape index (κ2) is 7.93. The molecule has 1 rings (SSSR count). The monoisotopic (exact) mass is 260 g/mol. The number of nitrogens with zero attached hydrogens (tertiary/aromatic N) is 1. The molecule has 0 fully saturated rings. The van der Waals surface area contributed by atoms with Crippen LogP contribution in [0.4, 0.5) is 0 Å². The van der Waals surface area contributed by atoms with Crippen molar-refractivity contribution >= 4 is 0 Å². The van der Waals surface area contributed by atoms with Gasteiger partial charge in [-0.1, -0.05) is 50.6 Å². The van der Waals surface area contributed by atoms with E-state index in [0.717, 1.165) is 12.0 Å². The minimum absolute atomic E-state index is 0.373. The molecule has 0 heterocycles. The molecule has 1 N–H and O–H groups in total. The largest absolute Gasteiger partial charge is 0.378 e. The minimum Gasteiger partial charge on any atom is -0.378 e. The first kappa shape index (κ1) is 15.7. The van der Waals surface area contributed by atoms with Crippen molar-refractivity contribution in [1.29, 1.82) is 5.26 Å². The lowest BCUT2D eigenvalue weighted by atomic mass is 9.92. The van der Waals surface area contributed by atoms with Gasteiger partial charge >= 0.3 is 0 Å². The van der Waals surface area contributed by atoms with E-state index in [0.29, 0.717) is 19.1 Å². The van der Waals surface area contributed by atoms with Gasteiger partial charge in [-0.3, -0.25) is 5.32 Å². The second-order valence-electron chi connectivity index (χ2n) is 5.04. The first-order valence-electron chi connectivity index (χ1n) is 6.92. The molecule has 0 amide bonds. The third kappa shape index (κ3) is 4.34. The van der Waals surface area contributed by atoms with Gasteiger partial charge in [-0.25, -0.2) is 0 Å². The first-order chi connectivity index (χ1) is 9.18. The van der Waals surface area contributed by atoms with Crippen LogP contribution in [0.5, 0.6) is 0 Å². The molecule has 0 aliphatic rings. The average molecular weight is 260 g/mol. The van der Waals surface area contributed by atoms with Crippen molar-refractivity contribution in [3.05, 3.63) is 35.9 Å². The molecule has 2 unspecified atom stereocenters. The van der Waals surface area contributed by atoms with Gasteiger partial charge in [0, 0.05) is 6.61 Å². The first-order valence-corrected chi connectivity index (χ1v) is 6.92. The normalized spacial score (nSPS) is 15.5. The molecule has 0 radical (unpaired) electrons. The number of likely N-dealkylation sites (N-methyl/N-ethyl adjacent to an activating group) is 1. The summed E-state index contributed by atoms with van der Waals surface area (Å²) in [4.78, 5) is 0. The zero-order valence-electron chi connectivity index (χ0n) is 12.1. The summed E-state index contributed by atoms with van der Waals surface area (Å²) in [6, 6.07) is 12.1. The Balaban J connectivity index is 2.66. The maximum Gasteiger partial charge on any atom is 0.155 e. The Morgan fingerprint density at radius 1 is 1.37 bits per heavy atom. The summed E-state index contributed by atoms with van der Waals surface area (Å²) in [5.74, 6) is 0.536. The van der Waals surface area contributed by atoms with Gasteiger partial charge in [0.15, 0.2) is 5.54 Å². The lowest BCUT2D eigenvalue weighted by Crippen LogP contribution is -2.43. The molecule has 0 aliphatic carbocycles. The molecular weight excluding hydrogens is 236 g/mol. The molecule has 1 aromatic carbocycles. The number of hydrogen-bond acceptors (Lipinski definition) is 3. The van der Waals surface area contributed by atoms with Crippen molar-refractivity contribution in [3.8, 4) is 6.07 Å². The van der Waals surface area contributed by atoms with Crippen LogP contribution in [0.1, 0.15) is 32.3 Å². The Morgan fingerprint density at radius 3 is 2.58 bits per heavy atom. The highest BCUT2D eigenvalue weighted by Crippen LogP contribution is 2.21. The molecule has 0 saturated heterocycles. The van der Waals surface area contributed by atoms with Gasteiger partial charge < -0.3 is 4.74 Å². The van der Waals surface area contributed by atoms with Crippen molar-refractivity contribution in [2.45, 2.75) is 32.2 Å². The van der Waals surface area contributed by atoms with Crippen LogP contribution in [0.2, 0.25) is 0 Å². The summed E-state index contributed by atoms with van der Waals surface area (Å²) in [6.07, 6.45) is 2.32. The summed E-state index contributed by atoms with van der Waals surface area (Å²) in [6.45, 7) is 5.43. The van der Waals surface area contributed by atoms with Gasteiger partial charge in [0.05, 0.1) is 12.7 Å². The fourth-order valence-corrected chi connectivity index (χ4v) is 2.16. The number of ether oxygens (including phenoxy) is 1. The summed E-state index contributed by atoms with van der Waals surface area (Å²) in [5, 5.41) is 12.6. The Hall–Kier alpha value is -1.37. The summed E-state index contributed by atoms with van der Waals surface area (Å²) < 4.78 is 5.76. The van der Waals surface area contributed by atoms with Crippen LogP contribution in [0, 0.1) is 17.2 Å². The summed E-state index contributed by atoms with van der Waals surface area (Å²) in [5.41, 5.74) is 0.191. The van der Waals surface area contributed by atoms with E-state index in [1.807, 2.05) is 30.3 Å². The fourth-order valence-electron chi connectivity index (χ4n) is 2.16. The Kier molecular flexibility index (Phi) is 6.55. The van der Waals surface area contributed by atoms with Crippen molar-refractivity contribution < 1.29 is 4.74 Å². The van der Waals surface area contributed by atoms with E-state index in [4.69, 9.17) is 4.74 Å².